The molecule has 4 nitrogen and oxygen atoms in total. The van der Waals surface area contributed by atoms with Gasteiger partial charge >= 0.3 is 0 Å². The van der Waals surface area contributed by atoms with Gasteiger partial charge in [0.2, 0.25) is 5.89 Å². The van der Waals surface area contributed by atoms with E-state index in [1.807, 2.05) is 0 Å². The lowest BCUT2D eigenvalue weighted by Gasteiger charge is -1.88. The number of nitrogens with zero attached hydrogens (tertiary/aromatic N) is 1. The van der Waals surface area contributed by atoms with Crippen LogP contribution in [0.1, 0.15) is 11.7 Å². The standard InChI is InChI=1S/C6H10N2O2/c1-4-6(9-2)8-5(3-7)10-4/h3,7H2,1-2H3. The first-order valence-electron chi connectivity index (χ1n) is 2.98. The highest BCUT2D eigenvalue weighted by molar-refractivity contribution is 5.14. The summed E-state index contributed by atoms with van der Waals surface area (Å²) in [4.78, 5) is 3.93. The molecular weight excluding hydrogens is 132 g/mol. The highest BCUT2D eigenvalue weighted by atomic mass is 16.5. The number of rotatable bonds is 2. The molecule has 0 aliphatic carbocycles. The van der Waals surface area contributed by atoms with Gasteiger partial charge in [-0.1, -0.05) is 0 Å². The molecule has 10 heavy (non-hydrogen) atoms. The molecule has 0 unspecified atom stereocenters. The van der Waals surface area contributed by atoms with Gasteiger partial charge < -0.3 is 14.9 Å². The summed E-state index contributed by atoms with van der Waals surface area (Å²) in [6, 6.07) is 0. The number of hydrogen-bond acceptors (Lipinski definition) is 4. The molecule has 1 aromatic heterocycles. The summed E-state index contributed by atoms with van der Waals surface area (Å²) in [5.74, 6) is 1.69. The van der Waals surface area contributed by atoms with Gasteiger partial charge in [-0.2, -0.15) is 4.98 Å². The van der Waals surface area contributed by atoms with Gasteiger partial charge in [-0.15, -0.1) is 0 Å². The van der Waals surface area contributed by atoms with Gasteiger partial charge in [0.05, 0.1) is 13.7 Å². The molecule has 0 aliphatic rings. The molecule has 1 heterocycles. The minimum absolute atomic E-state index is 0.310. The summed E-state index contributed by atoms with van der Waals surface area (Å²) in [5, 5.41) is 0. The van der Waals surface area contributed by atoms with Gasteiger partial charge in [0.25, 0.3) is 5.88 Å². The van der Waals surface area contributed by atoms with E-state index in [2.05, 4.69) is 4.98 Å². The summed E-state index contributed by atoms with van der Waals surface area (Å²) >= 11 is 0. The van der Waals surface area contributed by atoms with Gasteiger partial charge in [0.1, 0.15) is 0 Å². The summed E-state index contributed by atoms with van der Waals surface area (Å²) in [6.07, 6.45) is 0. The Hall–Kier alpha value is -1.03. The maximum Gasteiger partial charge on any atom is 0.255 e. The van der Waals surface area contributed by atoms with Gasteiger partial charge in [-0.05, 0) is 6.92 Å². The average molecular weight is 142 g/mol. The van der Waals surface area contributed by atoms with E-state index in [1.54, 1.807) is 14.0 Å². The minimum Gasteiger partial charge on any atom is -0.479 e. The Morgan fingerprint density at radius 3 is 2.70 bits per heavy atom. The van der Waals surface area contributed by atoms with E-state index >= 15 is 0 Å². The third-order valence-electron chi connectivity index (χ3n) is 1.17. The molecule has 0 saturated carbocycles. The fraction of sp³-hybridized carbons (Fsp3) is 0.500. The average Bonchev–Trinajstić information content (AvgIpc) is 2.30. The first kappa shape index (κ1) is 7.08. The second-order valence-corrected chi connectivity index (χ2v) is 1.88. The predicted molar refractivity (Wildman–Crippen MR) is 35.7 cm³/mol. The van der Waals surface area contributed by atoms with Crippen LogP contribution in [0, 0.1) is 6.92 Å². The van der Waals surface area contributed by atoms with Crippen molar-refractivity contribution in [1.82, 2.24) is 4.98 Å². The lowest BCUT2D eigenvalue weighted by molar-refractivity contribution is 0.387. The van der Waals surface area contributed by atoms with Crippen molar-refractivity contribution in [1.29, 1.82) is 0 Å². The van der Waals surface area contributed by atoms with E-state index in [9.17, 15) is 0 Å². The first-order chi connectivity index (χ1) is 4.77. The van der Waals surface area contributed by atoms with Gasteiger partial charge in [-0.25, -0.2) is 0 Å². The SMILES string of the molecule is COc1nc(CN)oc1C. The van der Waals surface area contributed by atoms with Crippen LogP contribution in [0.2, 0.25) is 0 Å². The molecular formula is C6H10N2O2. The molecule has 0 spiro atoms. The van der Waals surface area contributed by atoms with Crippen molar-refractivity contribution in [3.63, 3.8) is 0 Å². The largest absolute Gasteiger partial charge is 0.479 e. The molecule has 0 amide bonds. The van der Waals surface area contributed by atoms with Crippen molar-refractivity contribution in [3.8, 4) is 5.88 Å². The van der Waals surface area contributed by atoms with Gasteiger partial charge in [0, 0.05) is 0 Å². The Morgan fingerprint density at radius 2 is 2.40 bits per heavy atom. The molecule has 56 valence electrons. The molecule has 0 bridgehead atoms. The van der Waals surface area contributed by atoms with Crippen LogP contribution < -0.4 is 10.5 Å². The number of methoxy groups -OCH3 is 1. The zero-order valence-corrected chi connectivity index (χ0v) is 6.05. The van der Waals surface area contributed by atoms with Crippen molar-refractivity contribution < 1.29 is 9.15 Å². The molecule has 0 aromatic carbocycles. The monoisotopic (exact) mass is 142 g/mol. The molecule has 2 N–H and O–H groups in total. The fourth-order valence-corrected chi connectivity index (χ4v) is 0.712. The molecule has 0 aliphatic heterocycles. The van der Waals surface area contributed by atoms with Crippen molar-refractivity contribution in [2.75, 3.05) is 7.11 Å². The van der Waals surface area contributed by atoms with Gasteiger partial charge in [0.15, 0.2) is 5.76 Å². The second kappa shape index (κ2) is 2.70. The van der Waals surface area contributed by atoms with Crippen LogP contribution in [0.3, 0.4) is 0 Å². The number of ether oxygens (including phenoxy) is 1. The summed E-state index contributed by atoms with van der Waals surface area (Å²) in [6.45, 7) is 2.09. The Balaban J connectivity index is 2.92. The predicted octanol–water partition coefficient (Wildman–Crippen LogP) is 0.450. The zero-order chi connectivity index (χ0) is 7.56. The number of oxazole rings is 1. The van der Waals surface area contributed by atoms with Crippen molar-refractivity contribution in [2.45, 2.75) is 13.5 Å². The quantitative estimate of drug-likeness (QED) is 0.651. The third kappa shape index (κ3) is 1.11. The van der Waals surface area contributed by atoms with Crippen molar-refractivity contribution >= 4 is 0 Å². The summed E-state index contributed by atoms with van der Waals surface area (Å²) in [5.41, 5.74) is 5.27. The van der Waals surface area contributed by atoms with Crippen LogP contribution in [0.4, 0.5) is 0 Å². The first-order valence-corrected chi connectivity index (χ1v) is 2.98. The molecule has 0 radical (unpaired) electrons. The van der Waals surface area contributed by atoms with Crippen LogP contribution in [-0.4, -0.2) is 12.1 Å². The van der Waals surface area contributed by atoms with E-state index in [0.717, 1.165) is 0 Å². The number of aryl methyl sites for hydroxylation is 1. The van der Waals surface area contributed by atoms with Crippen LogP contribution >= 0.6 is 0 Å². The van der Waals surface area contributed by atoms with E-state index in [4.69, 9.17) is 14.9 Å². The molecule has 1 rings (SSSR count). The zero-order valence-electron chi connectivity index (χ0n) is 6.05. The van der Waals surface area contributed by atoms with E-state index in [-0.39, 0.29) is 0 Å². The maximum absolute atomic E-state index is 5.27. The molecule has 4 heteroatoms. The topological polar surface area (TPSA) is 61.3 Å². The smallest absolute Gasteiger partial charge is 0.255 e. The maximum atomic E-state index is 5.27. The van der Waals surface area contributed by atoms with Crippen LogP contribution in [-0.2, 0) is 6.54 Å². The van der Waals surface area contributed by atoms with E-state index < -0.39 is 0 Å². The van der Waals surface area contributed by atoms with Crippen LogP contribution in [0.15, 0.2) is 4.42 Å². The lowest BCUT2D eigenvalue weighted by Crippen LogP contribution is -1.95. The van der Waals surface area contributed by atoms with E-state index in [1.165, 1.54) is 0 Å². The molecule has 0 fully saturated rings. The molecule has 0 saturated heterocycles. The summed E-state index contributed by atoms with van der Waals surface area (Å²) in [7, 11) is 1.55. The fourth-order valence-electron chi connectivity index (χ4n) is 0.712. The third-order valence-corrected chi connectivity index (χ3v) is 1.17. The Morgan fingerprint density at radius 1 is 1.70 bits per heavy atom. The molecule has 1 aromatic rings. The Labute approximate surface area is 59.0 Å². The Kier molecular flexibility index (Phi) is 1.91. The van der Waals surface area contributed by atoms with Gasteiger partial charge in [-0.3, -0.25) is 0 Å². The van der Waals surface area contributed by atoms with E-state index in [0.29, 0.717) is 24.1 Å². The second-order valence-electron chi connectivity index (χ2n) is 1.88. The minimum atomic E-state index is 0.310. The van der Waals surface area contributed by atoms with Crippen LogP contribution in [0.25, 0.3) is 0 Å². The number of nitrogens with two attached hydrogens (primary N) is 1. The van der Waals surface area contributed by atoms with Crippen molar-refractivity contribution in [3.05, 3.63) is 11.7 Å². The highest BCUT2D eigenvalue weighted by Gasteiger charge is 2.06. The Bertz CT molecular complexity index is 220. The summed E-state index contributed by atoms with van der Waals surface area (Å²) < 4.78 is 9.96. The molecule has 0 atom stereocenters. The highest BCUT2D eigenvalue weighted by Crippen LogP contribution is 2.16. The number of aromatic nitrogens is 1. The number of hydrogen-bond donors (Lipinski definition) is 1. The normalized spacial score (nSPS) is 9.90. The lowest BCUT2D eigenvalue weighted by atomic mass is 10.6. The van der Waals surface area contributed by atoms with Crippen LogP contribution in [0.5, 0.6) is 5.88 Å². The van der Waals surface area contributed by atoms with Crippen molar-refractivity contribution in [2.24, 2.45) is 5.73 Å².